The second-order valence-electron chi connectivity index (χ2n) is 8.43. The summed E-state index contributed by atoms with van der Waals surface area (Å²) in [5.41, 5.74) is 0. The second kappa shape index (κ2) is 16.1. The molecule has 0 aromatic heterocycles. The Labute approximate surface area is 168 Å². The molecule has 0 amide bonds. The van der Waals surface area contributed by atoms with Crippen LogP contribution in [0.1, 0.15) is 129 Å². The van der Waals surface area contributed by atoms with Gasteiger partial charge in [0.2, 0.25) is 0 Å². The molecule has 0 radical (unpaired) electrons. The molecule has 2 atom stereocenters. The molecule has 0 aromatic carbocycles. The Morgan fingerprint density at radius 3 is 1.56 bits per heavy atom. The number of carbonyl (C=O) groups is 2. The monoisotopic (exact) mass is 380 g/mol. The van der Waals surface area contributed by atoms with Crippen molar-refractivity contribution in [3.63, 3.8) is 0 Å². The molecule has 158 valence electrons. The van der Waals surface area contributed by atoms with Crippen molar-refractivity contribution in [3.05, 3.63) is 0 Å². The quantitative estimate of drug-likeness (QED) is 0.153. The largest absolute Gasteiger partial charge is 0.461 e. The van der Waals surface area contributed by atoms with Gasteiger partial charge in [-0.1, -0.05) is 104 Å². The molecule has 1 aliphatic rings. The van der Waals surface area contributed by atoms with Crippen LogP contribution in [0.15, 0.2) is 0 Å². The fourth-order valence-electron chi connectivity index (χ4n) is 4.08. The van der Waals surface area contributed by atoms with Crippen molar-refractivity contribution in [1.82, 2.24) is 0 Å². The molecule has 0 aromatic rings. The lowest BCUT2D eigenvalue weighted by atomic mass is 9.92. The normalized spacial score (nSPS) is 20.1. The second-order valence-corrected chi connectivity index (χ2v) is 8.43. The van der Waals surface area contributed by atoms with Gasteiger partial charge in [-0.25, -0.2) is 0 Å². The third kappa shape index (κ3) is 11.5. The highest BCUT2D eigenvalue weighted by Crippen LogP contribution is 2.23. The van der Waals surface area contributed by atoms with Crippen molar-refractivity contribution in [2.75, 3.05) is 0 Å². The van der Waals surface area contributed by atoms with Gasteiger partial charge in [-0.2, -0.15) is 0 Å². The highest BCUT2D eigenvalue weighted by Gasteiger charge is 2.35. The minimum atomic E-state index is -0.498. The van der Waals surface area contributed by atoms with Crippen molar-refractivity contribution in [1.29, 1.82) is 0 Å². The molecular weight excluding hydrogens is 336 g/mol. The van der Waals surface area contributed by atoms with E-state index in [1.807, 2.05) is 6.92 Å². The number of rotatable bonds is 17. The van der Waals surface area contributed by atoms with Gasteiger partial charge in [0.15, 0.2) is 5.78 Å². The van der Waals surface area contributed by atoms with Gasteiger partial charge in [0.25, 0.3) is 0 Å². The van der Waals surface area contributed by atoms with E-state index >= 15 is 0 Å². The van der Waals surface area contributed by atoms with Crippen molar-refractivity contribution < 1.29 is 14.3 Å². The van der Waals surface area contributed by atoms with Crippen LogP contribution in [-0.2, 0) is 14.3 Å². The molecule has 0 saturated carbocycles. The fourth-order valence-corrected chi connectivity index (χ4v) is 4.08. The third-order valence-corrected chi connectivity index (χ3v) is 5.92. The summed E-state index contributed by atoms with van der Waals surface area (Å²) in [5, 5.41) is 0. The van der Waals surface area contributed by atoms with Gasteiger partial charge < -0.3 is 4.74 Å². The minimum absolute atomic E-state index is 0.0831. The first-order valence-electron chi connectivity index (χ1n) is 11.9. The van der Waals surface area contributed by atoms with E-state index in [-0.39, 0.29) is 17.9 Å². The molecule has 27 heavy (non-hydrogen) atoms. The zero-order valence-electron chi connectivity index (χ0n) is 18.1. The molecule has 1 heterocycles. The Balaban J connectivity index is 1.83. The van der Waals surface area contributed by atoms with Crippen molar-refractivity contribution in [3.8, 4) is 0 Å². The smallest absolute Gasteiger partial charge is 0.316 e. The summed E-state index contributed by atoms with van der Waals surface area (Å²) < 4.78 is 5.42. The number of ether oxygens (including phenoxy) is 1. The first kappa shape index (κ1) is 24.2. The lowest BCUT2D eigenvalue weighted by Crippen LogP contribution is -2.37. The van der Waals surface area contributed by atoms with Gasteiger partial charge in [-0.05, 0) is 19.3 Å². The van der Waals surface area contributed by atoms with Crippen LogP contribution in [0.25, 0.3) is 0 Å². The number of hydrogen-bond donors (Lipinski definition) is 0. The molecule has 3 heteroatoms. The van der Waals surface area contributed by atoms with Crippen molar-refractivity contribution >= 4 is 11.8 Å². The fraction of sp³-hybridized carbons (Fsp3) is 0.917. The average Bonchev–Trinajstić information content (AvgIpc) is 2.64. The number of Topliss-reactive ketones (excluding diaryl/α,β-unsaturated/α-hetero) is 1. The maximum absolute atomic E-state index is 11.9. The molecule has 0 N–H and O–H groups in total. The summed E-state index contributed by atoms with van der Waals surface area (Å²) in [7, 11) is 0. The highest BCUT2D eigenvalue weighted by atomic mass is 16.5. The molecule has 1 rings (SSSR count). The number of ketones is 1. The van der Waals surface area contributed by atoms with E-state index in [1.54, 1.807) is 0 Å². The summed E-state index contributed by atoms with van der Waals surface area (Å²) in [6.45, 7) is 4.15. The molecule has 0 bridgehead atoms. The molecule has 1 fully saturated rings. The zero-order valence-corrected chi connectivity index (χ0v) is 18.1. The van der Waals surface area contributed by atoms with Crippen LogP contribution >= 0.6 is 0 Å². The first-order chi connectivity index (χ1) is 13.2. The van der Waals surface area contributed by atoms with Crippen LogP contribution in [0.2, 0.25) is 0 Å². The number of esters is 1. The predicted octanol–water partition coefficient (Wildman–Crippen LogP) is 7.16. The van der Waals surface area contributed by atoms with Crippen LogP contribution < -0.4 is 0 Å². The van der Waals surface area contributed by atoms with E-state index in [9.17, 15) is 9.59 Å². The minimum Gasteiger partial charge on any atom is -0.461 e. The van der Waals surface area contributed by atoms with Gasteiger partial charge in [0, 0.05) is 6.42 Å². The predicted molar refractivity (Wildman–Crippen MR) is 113 cm³/mol. The van der Waals surface area contributed by atoms with Gasteiger partial charge in [0.05, 0.1) is 0 Å². The Morgan fingerprint density at radius 2 is 1.15 bits per heavy atom. The molecular formula is C24H44O3. The molecule has 1 unspecified atom stereocenters. The van der Waals surface area contributed by atoms with Crippen LogP contribution in [0.5, 0.6) is 0 Å². The van der Waals surface area contributed by atoms with Gasteiger partial charge in [0.1, 0.15) is 12.0 Å². The summed E-state index contributed by atoms with van der Waals surface area (Å²) in [6.07, 6.45) is 22.0. The molecule has 0 spiro atoms. The van der Waals surface area contributed by atoms with Gasteiger partial charge in [-0.3, -0.25) is 9.59 Å². The zero-order chi connectivity index (χ0) is 19.7. The SMILES string of the molecule is CCCCCCCCCCCCCCCCC[C@@H]1CC(=O)C(CC)C(=O)O1. The van der Waals surface area contributed by atoms with Crippen molar-refractivity contribution in [2.45, 2.75) is 136 Å². The summed E-state index contributed by atoms with van der Waals surface area (Å²) in [5.74, 6) is -0.707. The highest BCUT2D eigenvalue weighted by molar-refractivity contribution is 6.00. The maximum atomic E-state index is 11.9. The van der Waals surface area contributed by atoms with Crippen LogP contribution in [0.4, 0.5) is 0 Å². The van der Waals surface area contributed by atoms with Crippen LogP contribution in [-0.4, -0.2) is 17.9 Å². The first-order valence-corrected chi connectivity index (χ1v) is 11.9. The summed E-state index contributed by atoms with van der Waals surface area (Å²) in [6, 6.07) is 0. The lowest BCUT2D eigenvalue weighted by Gasteiger charge is -2.26. The maximum Gasteiger partial charge on any atom is 0.316 e. The molecule has 1 aliphatic heterocycles. The number of carbonyl (C=O) groups excluding carboxylic acids is 2. The molecule has 1 saturated heterocycles. The Hall–Kier alpha value is -0.860. The van der Waals surface area contributed by atoms with E-state index < -0.39 is 5.92 Å². The van der Waals surface area contributed by atoms with Crippen LogP contribution in [0, 0.1) is 5.92 Å². The van der Waals surface area contributed by atoms with Gasteiger partial charge >= 0.3 is 5.97 Å². The molecule has 0 aliphatic carbocycles. The van der Waals surface area contributed by atoms with E-state index in [0.29, 0.717) is 12.8 Å². The summed E-state index contributed by atoms with van der Waals surface area (Å²) >= 11 is 0. The van der Waals surface area contributed by atoms with E-state index in [2.05, 4.69) is 6.92 Å². The number of unbranched alkanes of at least 4 members (excludes halogenated alkanes) is 14. The Bertz CT molecular complexity index is 373. The summed E-state index contributed by atoms with van der Waals surface area (Å²) in [4.78, 5) is 23.7. The Morgan fingerprint density at radius 1 is 0.704 bits per heavy atom. The number of cyclic esters (lactones) is 1. The van der Waals surface area contributed by atoms with E-state index in [1.165, 1.54) is 89.9 Å². The Kier molecular flexibility index (Phi) is 14.4. The van der Waals surface area contributed by atoms with E-state index in [0.717, 1.165) is 12.8 Å². The lowest BCUT2D eigenvalue weighted by molar-refractivity contribution is -0.165. The van der Waals surface area contributed by atoms with E-state index in [4.69, 9.17) is 4.74 Å². The number of hydrogen-bond acceptors (Lipinski definition) is 3. The average molecular weight is 381 g/mol. The molecule has 3 nitrogen and oxygen atoms in total. The van der Waals surface area contributed by atoms with Gasteiger partial charge in [-0.15, -0.1) is 0 Å². The van der Waals surface area contributed by atoms with Crippen LogP contribution in [0.3, 0.4) is 0 Å². The topological polar surface area (TPSA) is 43.4 Å². The van der Waals surface area contributed by atoms with Crippen molar-refractivity contribution in [2.24, 2.45) is 5.92 Å². The third-order valence-electron chi connectivity index (χ3n) is 5.92. The standard InChI is InChI=1S/C24H44O3/c1-3-5-6-7-8-9-10-11-12-13-14-15-16-17-18-19-21-20-23(25)22(4-2)24(26)27-21/h21-22H,3-20H2,1-2H3/t21-,22?/m1/s1.